The van der Waals surface area contributed by atoms with Gasteiger partial charge >= 0.3 is 0 Å². The topological polar surface area (TPSA) is 60.2 Å². The Morgan fingerprint density at radius 2 is 2.28 bits per heavy atom. The predicted molar refractivity (Wildman–Crippen MR) is 67.4 cm³/mol. The molecule has 0 aliphatic heterocycles. The van der Waals surface area contributed by atoms with Crippen LogP contribution in [0.15, 0.2) is 30.5 Å². The van der Waals surface area contributed by atoms with Gasteiger partial charge in [0, 0.05) is 0 Å². The lowest BCUT2D eigenvalue weighted by Crippen LogP contribution is -2.00. The van der Waals surface area contributed by atoms with Gasteiger partial charge in [-0.3, -0.25) is 0 Å². The lowest BCUT2D eigenvalue weighted by molar-refractivity contribution is 0.168. The number of benzene rings is 1. The molecule has 0 amide bonds. The summed E-state index contributed by atoms with van der Waals surface area (Å²) in [4.78, 5) is 0. The van der Waals surface area contributed by atoms with Crippen molar-refractivity contribution in [1.29, 1.82) is 0 Å². The standard InChI is InChI=1S/C13H17N3O2/c1-3-13(17)12-9-16(15-14-12)8-10-5-4-6-11(7-10)18-2/h4-7,9,13,17H,3,8H2,1-2H3. The molecule has 1 aromatic carbocycles. The van der Waals surface area contributed by atoms with E-state index in [-0.39, 0.29) is 0 Å². The molecule has 0 saturated heterocycles. The average molecular weight is 247 g/mol. The van der Waals surface area contributed by atoms with Crippen molar-refractivity contribution in [3.63, 3.8) is 0 Å². The second-order valence-corrected chi connectivity index (χ2v) is 4.12. The van der Waals surface area contributed by atoms with Gasteiger partial charge in [0.1, 0.15) is 11.4 Å². The van der Waals surface area contributed by atoms with Gasteiger partial charge in [-0.15, -0.1) is 5.10 Å². The van der Waals surface area contributed by atoms with Gasteiger partial charge in [-0.25, -0.2) is 4.68 Å². The molecule has 0 aliphatic rings. The fraction of sp³-hybridized carbons (Fsp3) is 0.385. The fourth-order valence-electron chi connectivity index (χ4n) is 1.71. The number of aliphatic hydroxyl groups is 1. The van der Waals surface area contributed by atoms with Crippen LogP contribution in [0.25, 0.3) is 0 Å². The number of hydrogen-bond acceptors (Lipinski definition) is 4. The minimum absolute atomic E-state index is 0.538. The molecule has 2 aromatic rings. The fourth-order valence-corrected chi connectivity index (χ4v) is 1.71. The highest BCUT2D eigenvalue weighted by Gasteiger charge is 2.09. The number of aliphatic hydroxyl groups excluding tert-OH is 1. The number of aromatic nitrogens is 3. The SMILES string of the molecule is CCC(O)c1cn(Cc2cccc(OC)c2)nn1. The van der Waals surface area contributed by atoms with Crippen LogP contribution in [0.3, 0.4) is 0 Å². The monoisotopic (exact) mass is 247 g/mol. The Morgan fingerprint density at radius 1 is 1.44 bits per heavy atom. The molecule has 0 bridgehead atoms. The van der Waals surface area contributed by atoms with Crippen molar-refractivity contribution in [2.24, 2.45) is 0 Å². The Morgan fingerprint density at radius 3 is 3.00 bits per heavy atom. The van der Waals surface area contributed by atoms with E-state index in [9.17, 15) is 5.11 Å². The summed E-state index contributed by atoms with van der Waals surface area (Å²) in [6, 6.07) is 7.79. The molecule has 1 N–H and O–H groups in total. The Kier molecular flexibility index (Phi) is 3.94. The first-order valence-electron chi connectivity index (χ1n) is 5.94. The molecule has 1 atom stereocenters. The van der Waals surface area contributed by atoms with Gasteiger partial charge < -0.3 is 9.84 Å². The van der Waals surface area contributed by atoms with E-state index in [0.717, 1.165) is 11.3 Å². The molecule has 0 radical (unpaired) electrons. The zero-order chi connectivity index (χ0) is 13.0. The third kappa shape index (κ3) is 2.87. The number of hydrogen-bond donors (Lipinski definition) is 1. The van der Waals surface area contributed by atoms with Crippen LogP contribution in [-0.4, -0.2) is 27.2 Å². The van der Waals surface area contributed by atoms with Crippen molar-refractivity contribution in [3.05, 3.63) is 41.7 Å². The second kappa shape index (κ2) is 5.64. The van der Waals surface area contributed by atoms with E-state index in [1.165, 1.54) is 0 Å². The van der Waals surface area contributed by atoms with Crippen LogP contribution in [0.4, 0.5) is 0 Å². The second-order valence-electron chi connectivity index (χ2n) is 4.12. The normalized spacial score (nSPS) is 12.4. The summed E-state index contributed by atoms with van der Waals surface area (Å²) >= 11 is 0. The summed E-state index contributed by atoms with van der Waals surface area (Å²) in [7, 11) is 1.64. The van der Waals surface area contributed by atoms with E-state index < -0.39 is 6.10 Å². The lowest BCUT2D eigenvalue weighted by atomic mass is 10.2. The van der Waals surface area contributed by atoms with Gasteiger partial charge in [0.15, 0.2) is 0 Å². The number of rotatable bonds is 5. The Labute approximate surface area is 106 Å². The summed E-state index contributed by atoms with van der Waals surface area (Å²) in [5.41, 5.74) is 1.69. The first-order chi connectivity index (χ1) is 8.72. The number of ether oxygens (including phenoxy) is 1. The Balaban J connectivity index is 2.11. The van der Waals surface area contributed by atoms with Crippen molar-refractivity contribution in [2.75, 3.05) is 7.11 Å². The lowest BCUT2D eigenvalue weighted by Gasteiger charge is -2.04. The van der Waals surface area contributed by atoms with E-state index in [1.54, 1.807) is 18.0 Å². The highest BCUT2D eigenvalue weighted by Crippen LogP contribution is 2.15. The van der Waals surface area contributed by atoms with Crippen molar-refractivity contribution < 1.29 is 9.84 Å². The Bertz CT molecular complexity index is 510. The first-order valence-corrected chi connectivity index (χ1v) is 5.94. The van der Waals surface area contributed by atoms with Crippen molar-refractivity contribution >= 4 is 0 Å². The maximum atomic E-state index is 9.66. The van der Waals surface area contributed by atoms with Crippen molar-refractivity contribution in [2.45, 2.75) is 26.0 Å². The molecule has 96 valence electrons. The minimum Gasteiger partial charge on any atom is -0.497 e. The third-order valence-electron chi connectivity index (χ3n) is 2.76. The summed E-state index contributed by atoms with van der Waals surface area (Å²) in [6.45, 7) is 2.52. The smallest absolute Gasteiger partial charge is 0.119 e. The van der Waals surface area contributed by atoms with E-state index in [4.69, 9.17) is 4.74 Å². The largest absolute Gasteiger partial charge is 0.497 e. The molecule has 0 fully saturated rings. The average Bonchev–Trinajstić information content (AvgIpc) is 2.86. The first kappa shape index (κ1) is 12.6. The summed E-state index contributed by atoms with van der Waals surface area (Å²) in [6.07, 6.45) is 1.87. The van der Waals surface area contributed by atoms with Crippen LogP contribution >= 0.6 is 0 Å². The molecule has 1 unspecified atom stereocenters. The van der Waals surface area contributed by atoms with Gasteiger partial charge in [-0.1, -0.05) is 24.3 Å². The van der Waals surface area contributed by atoms with Gasteiger partial charge in [-0.05, 0) is 24.1 Å². The molecular weight excluding hydrogens is 230 g/mol. The van der Waals surface area contributed by atoms with Gasteiger partial charge in [0.2, 0.25) is 0 Å². The van der Waals surface area contributed by atoms with Gasteiger partial charge in [0.05, 0.1) is 26.0 Å². The zero-order valence-electron chi connectivity index (χ0n) is 10.6. The molecule has 18 heavy (non-hydrogen) atoms. The molecule has 0 spiro atoms. The van der Waals surface area contributed by atoms with Crippen LogP contribution in [-0.2, 0) is 6.54 Å². The Hall–Kier alpha value is -1.88. The van der Waals surface area contributed by atoms with Crippen molar-refractivity contribution in [3.8, 4) is 5.75 Å². The molecule has 1 heterocycles. The number of methoxy groups -OCH3 is 1. The number of nitrogens with zero attached hydrogens (tertiary/aromatic N) is 3. The quantitative estimate of drug-likeness (QED) is 0.875. The van der Waals surface area contributed by atoms with Crippen LogP contribution in [0, 0.1) is 0 Å². The highest BCUT2D eigenvalue weighted by molar-refractivity contribution is 5.28. The highest BCUT2D eigenvalue weighted by atomic mass is 16.5. The van der Waals surface area contributed by atoms with Gasteiger partial charge in [-0.2, -0.15) is 0 Å². The minimum atomic E-state index is -0.538. The molecule has 5 heteroatoms. The molecule has 1 aromatic heterocycles. The zero-order valence-corrected chi connectivity index (χ0v) is 10.6. The molecular formula is C13H17N3O2. The van der Waals surface area contributed by atoms with Crippen LogP contribution in [0.5, 0.6) is 5.75 Å². The maximum Gasteiger partial charge on any atom is 0.119 e. The van der Waals surface area contributed by atoms with Crippen LogP contribution < -0.4 is 4.74 Å². The predicted octanol–water partition coefficient (Wildman–Crippen LogP) is 1.78. The molecule has 2 rings (SSSR count). The summed E-state index contributed by atoms with van der Waals surface area (Å²) < 4.78 is 6.88. The maximum absolute atomic E-state index is 9.66. The molecule has 0 aliphatic carbocycles. The van der Waals surface area contributed by atoms with E-state index in [2.05, 4.69) is 10.3 Å². The molecule has 5 nitrogen and oxygen atoms in total. The van der Waals surface area contributed by atoms with Crippen molar-refractivity contribution in [1.82, 2.24) is 15.0 Å². The summed E-state index contributed by atoms with van der Waals surface area (Å²) in [5, 5.41) is 17.6. The van der Waals surface area contributed by atoms with E-state index in [1.807, 2.05) is 31.2 Å². The summed E-state index contributed by atoms with van der Waals surface area (Å²) in [5.74, 6) is 0.821. The van der Waals surface area contributed by atoms with Gasteiger partial charge in [0.25, 0.3) is 0 Å². The van der Waals surface area contributed by atoms with Crippen LogP contribution in [0.2, 0.25) is 0 Å². The third-order valence-corrected chi connectivity index (χ3v) is 2.76. The molecule has 0 saturated carbocycles. The van der Waals surface area contributed by atoms with Crippen LogP contribution in [0.1, 0.15) is 30.7 Å². The van der Waals surface area contributed by atoms with E-state index in [0.29, 0.717) is 18.7 Å². The van der Waals surface area contributed by atoms with E-state index >= 15 is 0 Å².